The highest BCUT2D eigenvalue weighted by molar-refractivity contribution is 7.98. The number of hydrogen-bond acceptors (Lipinski definition) is 6. The summed E-state index contributed by atoms with van der Waals surface area (Å²) in [4.78, 5) is 11.7. The fourth-order valence-electron chi connectivity index (χ4n) is 2.25. The Morgan fingerprint density at radius 3 is 2.56 bits per heavy atom. The van der Waals surface area contributed by atoms with Crippen molar-refractivity contribution in [2.45, 2.75) is 17.6 Å². The predicted octanol–water partition coefficient (Wildman–Crippen LogP) is 2.95. The first-order valence-corrected chi connectivity index (χ1v) is 10.9. The Morgan fingerprint density at radius 2 is 1.89 bits per heavy atom. The van der Waals surface area contributed by atoms with Gasteiger partial charge < -0.3 is 4.74 Å². The Morgan fingerprint density at radius 1 is 1.19 bits per heavy atom. The van der Waals surface area contributed by atoms with Crippen LogP contribution in [-0.2, 0) is 20.5 Å². The van der Waals surface area contributed by atoms with Gasteiger partial charge in [-0.2, -0.15) is 17.0 Å². The number of carbonyl (C=O) groups is 1. The average molecular weight is 405 g/mol. The van der Waals surface area contributed by atoms with Crippen LogP contribution in [0.25, 0.3) is 0 Å². The summed E-state index contributed by atoms with van der Waals surface area (Å²) < 4.78 is 32.0. The average Bonchev–Trinajstić information content (AvgIpc) is 2.68. The van der Waals surface area contributed by atoms with Crippen molar-refractivity contribution >= 4 is 27.8 Å². The quantitative estimate of drug-likeness (QED) is 0.510. The Balaban J connectivity index is 1.84. The van der Waals surface area contributed by atoms with E-state index in [4.69, 9.17) is 10.00 Å². The molecule has 0 aliphatic heterocycles. The Hall–Kier alpha value is -2.34. The summed E-state index contributed by atoms with van der Waals surface area (Å²) in [6.07, 6.45) is 0. The second-order valence-electron chi connectivity index (χ2n) is 5.46. The van der Waals surface area contributed by atoms with Crippen molar-refractivity contribution in [3.8, 4) is 6.07 Å². The fraction of sp³-hybridized carbons (Fsp3) is 0.263. The van der Waals surface area contributed by atoms with Crippen molar-refractivity contribution in [2.24, 2.45) is 0 Å². The summed E-state index contributed by atoms with van der Waals surface area (Å²) in [5.74, 6) is 0.725. The Bertz CT molecular complexity index is 919. The van der Waals surface area contributed by atoms with E-state index in [1.54, 1.807) is 24.8 Å². The van der Waals surface area contributed by atoms with Crippen molar-refractivity contribution in [3.05, 3.63) is 65.2 Å². The van der Waals surface area contributed by atoms with Crippen molar-refractivity contribution in [1.29, 1.82) is 5.26 Å². The fourth-order valence-corrected chi connectivity index (χ4v) is 4.28. The molecule has 2 rings (SSSR count). The van der Waals surface area contributed by atoms with Crippen molar-refractivity contribution in [3.63, 3.8) is 0 Å². The molecule has 6 nitrogen and oxygen atoms in total. The molecule has 0 unspecified atom stereocenters. The third kappa shape index (κ3) is 6.10. The molecule has 8 heteroatoms. The molecular formula is C19H20N2O4S2. The number of nitrogens with zero attached hydrogens (tertiary/aromatic N) is 1. The van der Waals surface area contributed by atoms with Crippen LogP contribution in [-0.4, -0.2) is 33.3 Å². The molecule has 0 fully saturated rings. The van der Waals surface area contributed by atoms with E-state index >= 15 is 0 Å². The number of hydrogen-bond donors (Lipinski definition) is 1. The van der Waals surface area contributed by atoms with E-state index < -0.39 is 16.0 Å². The molecule has 0 aliphatic rings. The molecule has 0 saturated carbocycles. The number of nitriles is 1. The van der Waals surface area contributed by atoms with Crippen molar-refractivity contribution in [1.82, 2.24) is 4.72 Å². The third-order valence-electron chi connectivity index (χ3n) is 3.61. The lowest BCUT2D eigenvalue weighted by Gasteiger charge is -2.08. The van der Waals surface area contributed by atoms with Gasteiger partial charge in [0.25, 0.3) is 0 Å². The molecule has 0 radical (unpaired) electrons. The lowest BCUT2D eigenvalue weighted by atomic mass is 10.1. The van der Waals surface area contributed by atoms with Gasteiger partial charge in [0.05, 0.1) is 28.7 Å². The van der Waals surface area contributed by atoms with Gasteiger partial charge in [0.2, 0.25) is 10.0 Å². The second kappa shape index (κ2) is 10.1. The number of sulfonamides is 1. The number of rotatable bonds is 9. The number of benzene rings is 2. The minimum absolute atomic E-state index is 0.0929. The molecule has 142 valence electrons. The minimum Gasteiger partial charge on any atom is -0.462 e. The molecule has 0 spiro atoms. The second-order valence-corrected chi connectivity index (χ2v) is 8.34. The largest absolute Gasteiger partial charge is 0.462 e. The summed E-state index contributed by atoms with van der Waals surface area (Å²) in [6.45, 7) is 2.23. The van der Waals surface area contributed by atoms with Crippen LogP contribution < -0.4 is 4.72 Å². The Labute approximate surface area is 163 Å². The van der Waals surface area contributed by atoms with Crippen LogP contribution in [0.4, 0.5) is 0 Å². The van der Waals surface area contributed by atoms with E-state index in [2.05, 4.69) is 10.8 Å². The first kappa shape index (κ1) is 21.0. The summed E-state index contributed by atoms with van der Waals surface area (Å²) in [5.41, 5.74) is 1.87. The maximum Gasteiger partial charge on any atom is 0.338 e. The molecule has 1 N–H and O–H groups in total. The van der Waals surface area contributed by atoms with Crippen molar-refractivity contribution < 1.29 is 17.9 Å². The molecular weight excluding hydrogens is 384 g/mol. The standard InChI is InChI=1S/C19H20N2O4S2/c1-2-25-19(22)15-7-9-18(10-8-15)27(23,24)21-11-12-26-14-17-6-4-3-5-16(17)13-20/h3-10,21H,2,11-12,14H2,1H3. The van der Waals surface area contributed by atoms with Gasteiger partial charge in [0, 0.05) is 18.1 Å². The van der Waals surface area contributed by atoms with Crippen LogP contribution in [0.1, 0.15) is 28.4 Å². The molecule has 2 aromatic carbocycles. The van der Waals surface area contributed by atoms with E-state index in [-0.39, 0.29) is 18.0 Å². The van der Waals surface area contributed by atoms with Crippen LogP contribution in [0, 0.1) is 11.3 Å². The maximum absolute atomic E-state index is 12.3. The first-order chi connectivity index (χ1) is 13.0. The highest BCUT2D eigenvalue weighted by Crippen LogP contribution is 2.16. The van der Waals surface area contributed by atoms with Gasteiger partial charge in [-0.05, 0) is 42.8 Å². The maximum atomic E-state index is 12.3. The molecule has 0 saturated heterocycles. The summed E-state index contributed by atoms with van der Waals surface area (Å²) in [5, 5.41) is 9.06. The molecule has 0 aliphatic carbocycles. The van der Waals surface area contributed by atoms with Gasteiger partial charge in [-0.15, -0.1) is 0 Å². The number of nitrogens with one attached hydrogen (secondary N) is 1. The zero-order chi connectivity index (χ0) is 19.7. The monoisotopic (exact) mass is 404 g/mol. The lowest BCUT2D eigenvalue weighted by Crippen LogP contribution is -2.26. The van der Waals surface area contributed by atoms with E-state index in [9.17, 15) is 13.2 Å². The highest BCUT2D eigenvalue weighted by Gasteiger charge is 2.15. The summed E-state index contributed by atoms with van der Waals surface area (Å²) in [7, 11) is -3.64. The Kier molecular flexibility index (Phi) is 7.85. The number of esters is 1. The zero-order valence-electron chi connectivity index (χ0n) is 14.8. The van der Waals surface area contributed by atoms with Gasteiger partial charge in [-0.1, -0.05) is 18.2 Å². The van der Waals surface area contributed by atoms with Crippen LogP contribution in [0.5, 0.6) is 0 Å². The normalized spacial score (nSPS) is 11.0. The minimum atomic E-state index is -3.64. The third-order valence-corrected chi connectivity index (χ3v) is 6.09. The molecule has 0 bridgehead atoms. The lowest BCUT2D eigenvalue weighted by molar-refractivity contribution is 0.0526. The molecule has 27 heavy (non-hydrogen) atoms. The molecule has 0 heterocycles. The van der Waals surface area contributed by atoms with E-state index in [0.29, 0.717) is 22.6 Å². The van der Waals surface area contributed by atoms with E-state index in [1.807, 2.05) is 18.2 Å². The summed E-state index contributed by atoms with van der Waals surface area (Å²) >= 11 is 1.54. The van der Waals surface area contributed by atoms with Crippen LogP contribution >= 0.6 is 11.8 Å². The SMILES string of the molecule is CCOC(=O)c1ccc(S(=O)(=O)NCCSCc2ccccc2C#N)cc1. The zero-order valence-corrected chi connectivity index (χ0v) is 16.5. The molecule has 2 aromatic rings. The van der Waals surface area contributed by atoms with Gasteiger partial charge in [0.15, 0.2) is 0 Å². The van der Waals surface area contributed by atoms with Crippen LogP contribution in [0.15, 0.2) is 53.4 Å². The first-order valence-electron chi connectivity index (χ1n) is 8.30. The predicted molar refractivity (Wildman–Crippen MR) is 105 cm³/mol. The topological polar surface area (TPSA) is 96.3 Å². The number of carbonyl (C=O) groups excluding carboxylic acids is 1. The van der Waals surface area contributed by atoms with Crippen LogP contribution in [0.3, 0.4) is 0 Å². The molecule has 0 amide bonds. The van der Waals surface area contributed by atoms with E-state index in [1.165, 1.54) is 24.3 Å². The smallest absolute Gasteiger partial charge is 0.338 e. The van der Waals surface area contributed by atoms with Gasteiger partial charge in [-0.25, -0.2) is 17.9 Å². The molecule has 0 aromatic heterocycles. The highest BCUT2D eigenvalue weighted by atomic mass is 32.2. The molecule has 0 atom stereocenters. The van der Waals surface area contributed by atoms with Crippen LogP contribution in [0.2, 0.25) is 0 Å². The van der Waals surface area contributed by atoms with Crippen molar-refractivity contribution in [2.75, 3.05) is 18.9 Å². The van der Waals surface area contributed by atoms with Gasteiger partial charge >= 0.3 is 5.97 Å². The van der Waals surface area contributed by atoms with Gasteiger partial charge in [0.1, 0.15) is 0 Å². The van der Waals surface area contributed by atoms with Gasteiger partial charge in [-0.3, -0.25) is 0 Å². The number of thioether (sulfide) groups is 1. The summed E-state index contributed by atoms with van der Waals surface area (Å²) in [6, 6.07) is 15.1. The van der Waals surface area contributed by atoms with E-state index in [0.717, 1.165) is 5.56 Å². The number of ether oxygens (including phenoxy) is 1.